The summed E-state index contributed by atoms with van der Waals surface area (Å²) in [5, 5.41) is 16.5. The summed E-state index contributed by atoms with van der Waals surface area (Å²) in [6, 6.07) is 0. The Morgan fingerprint density at radius 2 is 2.57 bits per heavy atom. The fourth-order valence-corrected chi connectivity index (χ4v) is 1.41. The minimum absolute atomic E-state index is 0.382. The SMILES string of the molecule is CCOC1Nc2nc(=S)cnn2C1O. The van der Waals surface area contributed by atoms with Gasteiger partial charge in [0.05, 0.1) is 6.20 Å². The molecule has 0 amide bonds. The smallest absolute Gasteiger partial charge is 0.225 e. The third-order valence-electron chi connectivity index (χ3n) is 1.86. The predicted molar refractivity (Wildman–Crippen MR) is 51.1 cm³/mol. The zero-order valence-electron chi connectivity index (χ0n) is 7.54. The molecular formula is C7H10N4O2S. The molecule has 0 saturated heterocycles. The van der Waals surface area contributed by atoms with Crippen molar-refractivity contribution in [3.8, 4) is 0 Å². The second-order valence-corrected chi connectivity index (χ2v) is 3.21. The summed E-state index contributed by atoms with van der Waals surface area (Å²) in [4.78, 5) is 4.00. The monoisotopic (exact) mass is 214 g/mol. The number of nitrogens with zero attached hydrogens (tertiary/aromatic N) is 3. The van der Waals surface area contributed by atoms with E-state index in [0.717, 1.165) is 0 Å². The van der Waals surface area contributed by atoms with Crippen molar-refractivity contribution < 1.29 is 9.84 Å². The Bertz CT molecular complexity index is 394. The van der Waals surface area contributed by atoms with Gasteiger partial charge in [-0.2, -0.15) is 9.78 Å². The van der Waals surface area contributed by atoms with Gasteiger partial charge in [0.2, 0.25) is 5.95 Å². The highest BCUT2D eigenvalue weighted by atomic mass is 32.1. The molecule has 6 nitrogen and oxygen atoms in total. The number of hydrogen-bond donors (Lipinski definition) is 2. The molecule has 0 aliphatic carbocycles. The molecule has 0 radical (unpaired) electrons. The minimum Gasteiger partial charge on any atom is -0.368 e. The number of fused-ring (bicyclic) bond motifs is 1. The first-order valence-corrected chi connectivity index (χ1v) is 4.65. The first kappa shape index (κ1) is 9.50. The van der Waals surface area contributed by atoms with Crippen LogP contribution >= 0.6 is 12.2 Å². The van der Waals surface area contributed by atoms with Gasteiger partial charge in [-0.15, -0.1) is 0 Å². The van der Waals surface area contributed by atoms with E-state index in [4.69, 9.17) is 17.0 Å². The van der Waals surface area contributed by atoms with E-state index in [-0.39, 0.29) is 0 Å². The Morgan fingerprint density at radius 3 is 3.29 bits per heavy atom. The zero-order valence-corrected chi connectivity index (χ0v) is 8.36. The lowest BCUT2D eigenvalue weighted by atomic mass is 10.5. The highest BCUT2D eigenvalue weighted by molar-refractivity contribution is 7.71. The summed E-state index contributed by atoms with van der Waals surface area (Å²) in [5.41, 5.74) is 0. The van der Waals surface area contributed by atoms with Gasteiger partial charge in [0.1, 0.15) is 4.64 Å². The molecule has 1 aromatic rings. The Hall–Kier alpha value is -1.05. The summed E-state index contributed by atoms with van der Waals surface area (Å²) in [5.74, 6) is 0.434. The van der Waals surface area contributed by atoms with Crippen LogP contribution in [0.3, 0.4) is 0 Å². The molecule has 2 heterocycles. The number of hydrogen-bond acceptors (Lipinski definition) is 6. The third kappa shape index (κ3) is 1.49. The molecule has 0 aromatic carbocycles. The van der Waals surface area contributed by atoms with Gasteiger partial charge in [0.25, 0.3) is 0 Å². The molecule has 0 spiro atoms. The number of rotatable bonds is 2. The Morgan fingerprint density at radius 1 is 1.79 bits per heavy atom. The van der Waals surface area contributed by atoms with Gasteiger partial charge in [0, 0.05) is 6.61 Å². The van der Waals surface area contributed by atoms with Crippen molar-refractivity contribution in [3.05, 3.63) is 10.8 Å². The van der Waals surface area contributed by atoms with Crippen LogP contribution in [-0.4, -0.2) is 32.7 Å². The van der Waals surface area contributed by atoms with E-state index in [1.54, 1.807) is 0 Å². The van der Waals surface area contributed by atoms with Gasteiger partial charge in [-0.1, -0.05) is 12.2 Å². The van der Waals surface area contributed by atoms with Gasteiger partial charge in [-0.05, 0) is 6.92 Å². The molecule has 2 atom stereocenters. The van der Waals surface area contributed by atoms with Crippen molar-refractivity contribution in [2.24, 2.45) is 0 Å². The number of anilines is 1. The van der Waals surface area contributed by atoms with Crippen molar-refractivity contribution >= 4 is 18.2 Å². The molecule has 2 rings (SSSR count). The molecule has 14 heavy (non-hydrogen) atoms. The van der Waals surface area contributed by atoms with E-state index in [1.165, 1.54) is 10.9 Å². The Labute approximate surface area is 85.5 Å². The summed E-state index contributed by atoms with van der Waals surface area (Å²) in [6.07, 6.45) is 0.0581. The van der Waals surface area contributed by atoms with Crippen LogP contribution in [0.2, 0.25) is 0 Å². The molecule has 1 aromatic heterocycles. The molecule has 0 saturated carbocycles. The van der Waals surface area contributed by atoms with E-state index in [1.807, 2.05) is 6.92 Å². The van der Waals surface area contributed by atoms with Gasteiger partial charge in [-0.25, -0.2) is 4.98 Å². The van der Waals surface area contributed by atoms with E-state index in [9.17, 15) is 5.11 Å². The van der Waals surface area contributed by atoms with E-state index in [2.05, 4.69) is 15.4 Å². The Balaban J connectivity index is 2.30. The average Bonchev–Trinajstić information content (AvgIpc) is 2.44. The Kier molecular flexibility index (Phi) is 2.44. The van der Waals surface area contributed by atoms with Crippen molar-refractivity contribution in [1.29, 1.82) is 0 Å². The second-order valence-electron chi connectivity index (χ2n) is 2.80. The van der Waals surface area contributed by atoms with Crippen LogP contribution in [0.5, 0.6) is 0 Å². The molecule has 2 unspecified atom stereocenters. The van der Waals surface area contributed by atoms with Crippen molar-refractivity contribution in [1.82, 2.24) is 14.8 Å². The molecule has 0 fully saturated rings. The normalized spacial score (nSPS) is 24.4. The maximum absolute atomic E-state index is 9.70. The lowest BCUT2D eigenvalue weighted by Crippen LogP contribution is -2.25. The van der Waals surface area contributed by atoms with Crippen LogP contribution in [0, 0.1) is 4.64 Å². The second kappa shape index (κ2) is 3.60. The van der Waals surface area contributed by atoms with Gasteiger partial charge >= 0.3 is 0 Å². The van der Waals surface area contributed by atoms with Crippen molar-refractivity contribution in [2.75, 3.05) is 11.9 Å². The fourth-order valence-electron chi connectivity index (χ4n) is 1.28. The van der Waals surface area contributed by atoms with Crippen LogP contribution < -0.4 is 5.32 Å². The third-order valence-corrected chi connectivity index (χ3v) is 2.06. The van der Waals surface area contributed by atoms with Crippen molar-refractivity contribution in [3.63, 3.8) is 0 Å². The first-order chi connectivity index (χ1) is 6.72. The number of aliphatic hydroxyl groups excluding tert-OH is 1. The predicted octanol–water partition coefficient (Wildman–Crippen LogP) is 0.287. The van der Waals surface area contributed by atoms with Crippen molar-refractivity contribution in [2.45, 2.75) is 19.4 Å². The number of nitrogens with one attached hydrogen (secondary N) is 1. The standard InChI is InChI=1S/C7H10N4O2S/c1-2-13-5-6(12)11-7(10-5)9-4(14)3-8-11/h3,5-6,12H,2H2,1H3,(H,9,10,14). The first-order valence-electron chi connectivity index (χ1n) is 4.24. The molecular weight excluding hydrogens is 204 g/mol. The number of aromatic nitrogens is 3. The van der Waals surface area contributed by atoms with Gasteiger partial charge in [-0.3, -0.25) is 0 Å². The van der Waals surface area contributed by atoms with Crippen LogP contribution in [0.4, 0.5) is 5.95 Å². The van der Waals surface area contributed by atoms with E-state index >= 15 is 0 Å². The molecule has 7 heteroatoms. The quantitative estimate of drug-likeness (QED) is 0.689. The molecule has 0 bridgehead atoms. The lowest BCUT2D eigenvalue weighted by Gasteiger charge is -2.13. The maximum atomic E-state index is 9.70. The van der Waals surface area contributed by atoms with E-state index in [0.29, 0.717) is 17.2 Å². The lowest BCUT2D eigenvalue weighted by molar-refractivity contribution is -0.0449. The van der Waals surface area contributed by atoms with Gasteiger partial charge in [0.15, 0.2) is 12.5 Å². The number of aliphatic hydroxyl groups is 1. The fraction of sp³-hybridized carbons (Fsp3) is 0.571. The molecule has 2 N–H and O–H groups in total. The molecule has 1 aliphatic heterocycles. The van der Waals surface area contributed by atoms with Crippen LogP contribution in [0.1, 0.15) is 13.2 Å². The largest absolute Gasteiger partial charge is 0.368 e. The summed E-state index contributed by atoms with van der Waals surface area (Å²) in [6.45, 7) is 2.35. The summed E-state index contributed by atoms with van der Waals surface area (Å²) in [7, 11) is 0. The van der Waals surface area contributed by atoms with Crippen LogP contribution in [0.25, 0.3) is 0 Å². The topological polar surface area (TPSA) is 72.2 Å². The van der Waals surface area contributed by atoms with Crippen LogP contribution in [0.15, 0.2) is 6.20 Å². The minimum atomic E-state index is -0.854. The molecule has 76 valence electrons. The summed E-state index contributed by atoms with van der Waals surface area (Å²) < 4.78 is 6.97. The van der Waals surface area contributed by atoms with Gasteiger partial charge < -0.3 is 15.2 Å². The summed E-state index contributed by atoms with van der Waals surface area (Å²) >= 11 is 4.85. The highest BCUT2D eigenvalue weighted by Crippen LogP contribution is 2.23. The van der Waals surface area contributed by atoms with Crippen LogP contribution in [-0.2, 0) is 4.74 Å². The van der Waals surface area contributed by atoms with E-state index < -0.39 is 12.5 Å². The zero-order chi connectivity index (χ0) is 10.1. The average molecular weight is 214 g/mol. The maximum Gasteiger partial charge on any atom is 0.225 e. The molecule has 1 aliphatic rings. The number of ether oxygens (including phenoxy) is 1. The highest BCUT2D eigenvalue weighted by Gasteiger charge is 2.31.